The van der Waals surface area contributed by atoms with Gasteiger partial charge in [0.1, 0.15) is 0 Å². The first-order chi connectivity index (χ1) is 6.79. The summed E-state index contributed by atoms with van der Waals surface area (Å²) in [5, 5.41) is 3.60. The average molecular weight is 192 g/mol. The molecule has 4 heteroatoms. The molecule has 14 heavy (non-hydrogen) atoms. The van der Waals surface area contributed by atoms with Crippen LogP contribution in [-0.4, -0.2) is 5.91 Å². The molecule has 0 radical (unpaired) electrons. The zero-order valence-electron chi connectivity index (χ0n) is 8.01. The predicted molar refractivity (Wildman–Crippen MR) is 54.6 cm³/mol. The number of para-hydroxylation sites is 1. The number of nitroso groups, excluding NO2 is 1. The van der Waals surface area contributed by atoms with Crippen LogP contribution in [0.4, 0.5) is 5.69 Å². The molecule has 0 unspecified atom stereocenters. The molecule has 1 amide bonds. The second-order valence-electron chi connectivity index (χ2n) is 2.87. The Labute approximate surface area is 82.5 Å². The first kappa shape index (κ1) is 10.4. The SMILES string of the molecule is CCCC(=O)N(N=O)c1ccccc1. The van der Waals surface area contributed by atoms with E-state index in [4.69, 9.17) is 0 Å². The van der Waals surface area contributed by atoms with Crippen LogP contribution in [0.2, 0.25) is 0 Å². The van der Waals surface area contributed by atoms with E-state index in [0.29, 0.717) is 18.5 Å². The highest BCUT2D eigenvalue weighted by atomic mass is 16.3. The molecule has 1 rings (SSSR count). The zero-order valence-corrected chi connectivity index (χ0v) is 8.01. The Morgan fingerprint density at radius 3 is 2.50 bits per heavy atom. The van der Waals surface area contributed by atoms with E-state index in [-0.39, 0.29) is 5.91 Å². The van der Waals surface area contributed by atoms with Crippen LogP contribution in [0.15, 0.2) is 35.6 Å². The van der Waals surface area contributed by atoms with Crippen LogP contribution in [0.25, 0.3) is 0 Å². The Morgan fingerprint density at radius 2 is 2.00 bits per heavy atom. The van der Waals surface area contributed by atoms with Gasteiger partial charge >= 0.3 is 0 Å². The highest BCUT2D eigenvalue weighted by Gasteiger charge is 2.14. The second kappa shape index (κ2) is 5.11. The van der Waals surface area contributed by atoms with Gasteiger partial charge in [-0.05, 0) is 18.6 Å². The summed E-state index contributed by atoms with van der Waals surface area (Å²) in [6.07, 6.45) is 1.04. The van der Waals surface area contributed by atoms with E-state index < -0.39 is 0 Å². The monoisotopic (exact) mass is 192 g/mol. The van der Waals surface area contributed by atoms with E-state index in [1.54, 1.807) is 24.3 Å². The van der Waals surface area contributed by atoms with Crippen LogP contribution in [0.1, 0.15) is 19.8 Å². The third-order valence-electron chi connectivity index (χ3n) is 1.78. The lowest BCUT2D eigenvalue weighted by Gasteiger charge is -2.11. The number of amides is 1. The largest absolute Gasteiger partial charge is 0.272 e. The van der Waals surface area contributed by atoms with Crippen molar-refractivity contribution in [3.05, 3.63) is 35.2 Å². The van der Waals surface area contributed by atoms with Gasteiger partial charge in [-0.3, -0.25) is 4.79 Å². The summed E-state index contributed by atoms with van der Waals surface area (Å²) in [7, 11) is 0. The fraction of sp³-hybridized carbons (Fsp3) is 0.300. The summed E-state index contributed by atoms with van der Waals surface area (Å²) < 4.78 is 0. The van der Waals surface area contributed by atoms with Gasteiger partial charge in [-0.25, -0.2) is 0 Å². The Kier molecular flexibility index (Phi) is 3.79. The predicted octanol–water partition coefficient (Wildman–Crippen LogP) is 2.50. The topological polar surface area (TPSA) is 49.7 Å². The number of nitrogens with zero attached hydrogens (tertiary/aromatic N) is 2. The smallest absolute Gasteiger partial charge is 0.249 e. The van der Waals surface area contributed by atoms with Gasteiger partial charge < -0.3 is 0 Å². The first-order valence-electron chi connectivity index (χ1n) is 4.51. The van der Waals surface area contributed by atoms with Crippen molar-refractivity contribution in [1.29, 1.82) is 0 Å². The van der Waals surface area contributed by atoms with E-state index in [1.165, 1.54) is 0 Å². The molecular weight excluding hydrogens is 180 g/mol. The van der Waals surface area contributed by atoms with Crippen molar-refractivity contribution in [1.82, 2.24) is 0 Å². The zero-order chi connectivity index (χ0) is 10.4. The molecule has 1 aromatic carbocycles. The van der Waals surface area contributed by atoms with Crippen molar-refractivity contribution in [2.45, 2.75) is 19.8 Å². The summed E-state index contributed by atoms with van der Waals surface area (Å²) in [5.41, 5.74) is 0.515. The van der Waals surface area contributed by atoms with Crippen LogP contribution >= 0.6 is 0 Å². The maximum atomic E-state index is 11.4. The molecule has 0 N–H and O–H groups in total. The number of carbonyl (C=O) groups is 1. The normalized spacial score (nSPS) is 9.50. The van der Waals surface area contributed by atoms with Crippen molar-refractivity contribution in [2.24, 2.45) is 5.29 Å². The number of rotatable bonds is 4. The summed E-state index contributed by atoms with van der Waals surface area (Å²) >= 11 is 0. The minimum atomic E-state index is -0.270. The van der Waals surface area contributed by atoms with E-state index >= 15 is 0 Å². The minimum Gasteiger partial charge on any atom is -0.272 e. The molecule has 0 spiro atoms. The fourth-order valence-electron chi connectivity index (χ4n) is 1.13. The van der Waals surface area contributed by atoms with Gasteiger partial charge in [-0.2, -0.15) is 5.01 Å². The van der Waals surface area contributed by atoms with Crippen molar-refractivity contribution >= 4 is 11.6 Å². The number of hydrogen-bond donors (Lipinski definition) is 0. The summed E-state index contributed by atoms with van der Waals surface area (Å²) in [4.78, 5) is 21.9. The van der Waals surface area contributed by atoms with Crippen LogP contribution in [0, 0.1) is 4.91 Å². The third-order valence-corrected chi connectivity index (χ3v) is 1.78. The maximum absolute atomic E-state index is 11.4. The fourth-order valence-corrected chi connectivity index (χ4v) is 1.13. The minimum absolute atomic E-state index is 0.270. The molecule has 0 aliphatic rings. The van der Waals surface area contributed by atoms with Crippen molar-refractivity contribution in [2.75, 3.05) is 5.01 Å². The average Bonchev–Trinajstić information content (AvgIpc) is 2.21. The van der Waals surface area contributed by atoms with Gasteiger partial charge in [-0.1, -0.05) is 25.1 Å². The molecule has 74 valence electrons. The summed E-state index contributed by atoms with van der Waals surface area (Å²) in [5.74, 6) is -0.270. The second-order valence-corrected chi connectivity index (χ2v) is 2.87. The highest BCUT2D eigenvalue weighted by molar-refractivity contribution is 5.92. The lowest BCUT2D eigenvalue weighted by Crippen LogP contribution is -2.23. The van der Waals surface area contributed by atoms with E-state index in [2.05, 4.69) is 5.29 Å². The standard InChI is InChI=1S/C10H12N2O2/c1-2-6-10(13)12(11-14)9-7-4-3-5-8-9/h3-5,7-8H,2,6H2,1H3. The molecule has 0 aliphatic carbocycles. The van der Waals surface area contributed by atoms with Gasteiger partial charge in [0.15, 0.2) is 0 Å². The highest BCUT2D eigenvalue weighted by Crippen LogP contribution is 2.14. The molecule has 0 atom stereocenters. The van der Waals surface area contributed by atoms with Gasteiger partial charge in [-0.15, -0.1) is 4.91 Å². The van der Waals surface area contributed by atoms with Crippen molar-refractivity contribution in [3.63, 3.8) is 0 Å². The van der Waals surface area contributed by atoms with E-state index in [0.717, 1.165) is 5.01 Å². The summed E-state index contributed by atoms with van der Waals surface area (Å²) in [6, 6.07) is 8.68. The van der Waals surface area contributed by atoms with Crippen LogP contribution in [-0.2, 0) is 4.79 Å². The van der Waals surface area contributed by atoms with Crippen LogP contribution in [0.5, 0.6) is 0 Å². The molecule has 4 nitrogen and oxygen atoms in total. The Morgan fingerprint density at radius 1 is 1.36 bits per heavy atom. The molecule has 0 aliphatic heterocycles. The number of hydrogen-bond acceptors (Lipinski definition) is 3. The Bertz CT molecular complexity index is 311. The lowest BCUT2D eigenvalue weighted by molar-refractivity contribution is -0.118. The molecule has 0 saturated carbocycles. The molecular formula is C10H12N2O2. The molecule has 0 bridgehead atoms. The molecule has 0 heterocycles. The van der Waals surface area contributed by atoms with E-state index in [1.807, 2.05) is 13.0 Å². The number of carbonyl (C=O) groups excluding carboxylic acids is 1. The van der Waals surface area contributed by atoms with Crippen LogP contribution < -0.4 is 5.01 Å². The maximum Gasteiger partial charge on any atom is 0.249 e. The quantitative estimate of drug-likeness (QED) is 0.543. The Hall–Kier alpha value is -1.71. The molecule has 0 fully saturated rings. The van der Waals surface area contributed by atoms with Gasteiger partial charge in [0.25, 0.3) is 0 Å². The Balaban J connectivity index is 2.82. The van der Waals surface area contributed by atoms with Gasteiger partial charge in [0.2, 0.25) is 5.91 Å². The van der Waals surface area contributed by atoms with E-state index in [9.17, 15) is 9.70 Å². The third kappa shape index (κ3) is 2.39. The number of anilines is 1. The van der Waals surface area contributed by atoms with Crippen molar-refractivity contribution < 1.29 is 4.79 Å². The number of benzene rings is 1. The van der Waals surface area contributed by atoms with Crippen LogP contribution in [0.3, 0.4) is 0 Å². The first-order valence-corrected chi connectivity index (χ1v) is 4.51. The van der Waals surface area contributed by atoms with Gasteiger partial charge in [0.05, 0.1) is 11.0 Å². The summed E-state index contributed by atoms with van der Waals surface area (Å²) in [6.45, 7) is 1.88. The molecule has 0 saturated heterocycles. The molecule has 1 aromatic rings. The molecule has 0 aromatic heterocycles. The van der Waals surface area contributed by atoms with Gasteiger partial charge in [0, 0.05) is 6.42 Å². The van der Waals surface area contributed by atoms with Crippen molar-refractivity contribution in [3.8, 4) is 0 Å². The lowest BCUT2D eigenvalue weighted by atomic mass is 10.2.